The Bertz CT molecular complexity index is 328. The number of allylic oxidation sites excluding steroid dienone is 2. The van der Waals surface area contributed by atoms with E-state index in [1.807, 2.05) is 19.9 Å². The van der Waals surface area contributed by atoms with E-state index in [1.165, 1.54) is 0 Å². The zero-order valence-electron chi connectivity index (χ0n) is 11.3. The molecule has 1 fully saturated rings. The van der Waals surface area contributed by atoms with Gasteiger partial charge in [0.05, 0.1) is 6.10 Å². The van der Waals surface area contributed by atoms with Crippen LogP contribution >= 0.6 is 0 Å². The van der Waals surface area contributed by atoms with Crippen LogP contribution in [0.1, 0.15) is 26.7 Å². The summed E-state index contributed by atoms with van der Waals surface area (Å²) in [4.78, 5) is 6.49. The number of hydrogen-bond acceptors (Lipinski definition) is 3. The van der Waals surface area contributed by atoms with Gasteiger partial charge in [-0.2, -0.15) is 4.99 Å². The highest BCUT2D eigenvalue weighted by molar-refractivity contribution is 5.79. The van der Waals surface area contributed by atoms with Crippen LogP contribution in [-0.4, -0.2) is 41.2 Å². The van der Waals surface area contributed by atoms with Gasteiger partial charge < -0.3 is 21.1 Å². The van der Waals surface area contributed by atoms with E-state index >= 15 is 0 Å². The largest absolute Gasteiger partial charge is 0.393 e. The molecule has 0 bridgehead atoms. The maximum atomic E-state index is 9.50. The second kappa shape index (κ2) is 7.06. The van der Waals surface area contributed by atoms with Gasteiger partial charge in [0.2, 0.25) is 0 Å². The minimum atomic E-state index is -0.193. The number of nitrogens with two attached hydrogens (primary N) is 1. The van der Waals surface area contributed by atoms with Crippen molar-refractivity contribution in [1.82, 2.24) is 10.2 Å². The molecule has 0 aromatic carbocycles. The van der Waals surface area contributed by atoms with Crippen LogP contribution in [0.4, 0.5) is 0 Å². The second-order valence-corrected chi connectivity index (χ2v) is 4.77. The fraction of sp³-hybridized carbons (Fsp3) is 0.615. The Morgan fingerprint density at radius 1 is 1.50 bits per heavy atom. The van der Waals surface area contributed by atoms with Gasteiger partial charge in [-0.25, -0.2) is 0 Å². The lowest BCUT2D eigenvalue weighted by Crippen LogP contribution is -2.39. The van der Waals surface area contributed by atoms with Crippen LogP contribution in [0.25, 0.3) is 0 Å². The lowest BCUT2D eigenvalue weighted by molar-refractivity contribution is 0.0966. The summed E-state index contributed by atoms with van der Waals surface area (Å²) in [6.45, 7) is 9.30. The zero-order chi connectivity index (χ0) is 13.5. The van der Waals surface area contributed by atoms with Crippen LogP contribution < -0.4 is 11.1 Å². The molecule has 5 heteroatoms. The lowest BCUT2D eigenvalue weighted by atomic mass is 10.1. The van der Waals surface area contributed by atoms with Gasteiger partial charge in [0.1, 0.15) is 5.82 Å². The number of aliphatic hydroxyl groups excluding tert-OH is 1. The minimum Gasteiger partial charge on any atom is -0.393 e. The molecule has 1 aliphatic rings. The Kier molecular flexibility index (Phi) is 5.71. The van der Waals surface area contributed by atoms with Gasteiger partial charge in [-0.3, -0.25) is 0 Å². The first-order valence-electron chi connectivity index (χ1n) is 6.39. The number of likely N-dealkylation sites (tertiary alicyclic amines) is 1. The Morgan fingerprint density at radius 2 is 2.11 bits per heavy atom. The van der Waals surface area contributed by atoms with Gasteiger partial charge in [0, 0.05) is 19.1 Å². The Labute approximate surface area is 109 Å². The third-order valence-corrected chi connectivity index (χ3v) is 2.73. The van der Waals surface area contributed by atoms with Crippen molar-refractivity contribution < 1.29 is 5.11 Å². The van der Waals surface area contributed by atoms with Gasteiger partial charge in [-0.05, 0) is 32.8 Å². The topological polar surface area (TPSA) is 73.9 Å². The maximum absolute atomic E-state index is 9.50. The quantitative estimate of drug-likeness (QED) is 0.393. The molecule has 0 unspecified atom stereocenters. The highest BCUT2D eigenvalue weighted by Gasteiger charge is 2.18. The van der Waals surface area contributed by atoms with Crippen LogP contribution in [-0.2, 0) is 0 Å². The summed E-state index contributed by atoms with van der Waals surface area (Å²) in [5.41, 5.74) is 5.83. The van der Waals surface area contributed by atoms with E-state index in [-0.39, 0.29) is 12.1 Å². The monoisotopic (exact) mass is 252 g/mol. The second-order valence-electron chi connectivity index (χ2n) is 4.77. The Morgan fingerprint density at radius 3 is 2.61 bits per heavy atom. The van der Waals surface area contributed by atoms with E-state index in [1.54, 1.807) is 6.08 Å². The van der Waals surface area contributed by atoms with Gasteiger partial charge in [-0.1, -0.05) is 12.7 Å². The van der Waals surface area contributed by atoms with Crippen molar-refractivity contribution in [2.75, 3.05) is 13.1 Å². The molecular weight excluding hydrogens is 228 g/mol. The average molecular weight is 252 g/mol. The van der Waals surface area contributed by atoms with E-state index < -0.39 is 0 Å². The molecule has 1 aliphatic heterocycles. The fourth-order valence-corrected chi connectivity index (χ4v) is 1.87. The molecule has 0 spiro atoms. The molecule has 0 aliphatic carbocycles. The molecule has 0 radical (unpaired) electrons. The number of rotatable bonds is 4. The number of hydrogen-bond donors (Lipinski definition) is 3. The summed E-state index contributed by atoms with van der Waals surface area (Å²) in [7, 11) is 0. The van der Waals surface area contributed by atoms with Crippen molar-refractivity contribution in [1.29, 1.82) is 0 Å². The first kappa shape index (κ1) is 14.6. The number of aliphatic imine (C=N–C) groups is 1. The summed E-state index contributed by atoms with van der Waals surface area (Å²) in [5.74, 6) is 1.20. The predicted molar refractivity (Wildman–Crippen MR) is 75.0 cm³/mol. The summed E-state index contributed by atoms with van der Waals surface area (Å²) in [5, 5.41) is 12.6. The molecule has 0 aromatic heterocycles. The van der Waals surface area contributed by atoms with Gasteiger partial charge in [0.15, 0.2) is 5.96 Å². The van der Waals surface area contributed by atoms with E-state index in [0.717, 1.165) is 31.8 Å². The molecule has 0 atom stereocenters. The molecule has 18 heavy (non-hydrogen) atoms. The van der Waals surface area contributed by atoms with Gasteiger partial charge >= 0.3 is 0 Å². The number of nitrogens with one attached hydrogen (secondary N) is 1. The highest BCUT2D eigenvalue weighted by atomic mass is 16.3. The summed E-state index contributed by atoms with van der Waals surface area (Å²) in [6.07, 6.45) is 4.88. The van der Waals surface area contributed by atoms with Crippen LogP contribution in [0.5, 0.6) is 0 Å². The van der Waals surface area contributed by atoms with Gasteiger partial charge in [-0.15, -0.1) is 0 Å². The fourth-order valence-electron chi connectivity index (χ4n) is 1.87. The molecule has 0 saturated carbocycles. The van der Waals surface area contributed by atoms with E-state index in [9.17, 15) is 5.11 Å². The summed E-state index contributed by atoms with van der Waals surface area (Å²) >= 11 is 0. The van der Waals surface area contributed by atoms with Crippen LogP contribution in [0.3, 0.4) is 0 Å². The van der Waals surface area contributed by atoms with Crippen LogP contribution in [0, 0.1) is 0 Å². The summed E-state index contributed by atoms with van der Waals surface area (Å²) < 4.78 is 0. The lowest BCUT2D eigenvalue weighted by Gasteiger charge is -2.31. The maximum Gasteiger partial charge on any atom is 0.195 e. The van der Waals surface area contributed by atoms with Crippen molar-refractivity contribution in [3.05, 3.63) is 24.6 Å². The number of nitrogens with zero attached hydrogens (tertiary/aromatic N) is 2. The third-order valence-electron chi connectivity index (χ3n) is 2.73. The zero-order valence-corrected chi connectivity index (χ0v) is 11.3. The van der Waals surface area contributed by atoms with Crippen molar-refractivity contribution in [3.63, 3.8) is 0 Å². The molecule has 5 nitrogen and oxygen atoms in total. The molecular formula is C13H24N4O. The predicted octanol–water partition coefficient (Wildman–Crippen LogP) is 0.783. The first-order chi connectivity index (χ1) is 8.52. The SMILES string of the molecule is C=C/C=C(\N=C(/N)NC(C)C)N1CCC(O)CC1. The number of guanidine groups is 1. The molecule has 1 heterocycles. The van der Waals surface area contributed by atoms with Gasteiger partial charge in [0.25, 0.3) is 0 Å². The molecule has 0 amide bonds. The van der Waals surface area contributed by atoms with Crippen molar-refractivity contribution in [3.8, 4) is 0 Å². The Balaban J connectivity index is 2.71. The standard InChI is InChI=1S/C13H24N4O/c1-4-5-12(16-13(14)15-10(2)3)17-8-6-11(18)7-9-17/h4-5,10-11,18H,1,6-9H2,2-3H3,(H3,14,15,16)/b12-5+. The summed E-state index contributed by atoms with van der Waals surface area (Å²) in [6, 6.07) is 0.252. The van der Waals surface area contributed by atoms with Crippen molar-refractivity contribution in [2.45, 2.75) is 38.8 Å². The third kappa shape index (κ3) is 4.79. The van der Waals surface area contributed by atoms with E-state index in [0.29, 0.717) is 5.96 Å². The van der Waals surface area contributed by atoms with Crippen molar-refractivity contribution >= 4 is 5.96 Å². The van der Waals surface area contributed by atoms with Crippen LogP contribution in [0.2, 0.25) is 0 Å². The Hall–Kier alpha value is -1.49. The number of aliphatic hydroxyl groups is 1. The molecule has 1 rings (SSSR count). The van der Waals surface area contributed by atoms with E-state index in [2.05, 4.69) is 21.8 Å². The molecule has 0 aromatic rings. The molecule has 102 valence electrons. The van der Waals surface area contributed by atoms with E-state index in [4.69, 9.17) is 5.73 Å². The first-order valence-corrected chi connectivity index (χ1v) is 6.39. The normalized spacial score (nSPS) is 19.2. The highest BCUT2D eigenvalue weighted by Crippen LogP contribution is 2.16. The van der Waals surface area contributed by atoms with Crippen molar-refractivity contribution in [2.24, 2.45) is 10.7 Å². The average Bonchev–Trinajstić information content (AvgIpc) is 2.28. The minimum absolute atomic E-state index is 0.193. The molecule has 4 N–H and O–H groups in total. The number of piperidine rings is 1. The smallest absolute Gasteiger partial charge is 0.195 e. The molecule has 1 saturated heterocycles. The van der Waals surface area contributed by atoms with Crippen LogP contribution in [0.15, 0.2) is 29.5 Å².